The second-order valence-electron chi connectivity index (χ2n) is 4.66. The highest BCUT2D eigenvalue weighted by molar-refractivity contribution is 5.55. The minimum Gasteiger partial charge on any atom is -0.0727 e. The van der Waals surface area contributed by atoms with Gasteiger partial charge >= 0.3 is 0 Å². The van der Waals surface area contributed by atoms with Crippen LogP contribution in [0.25, 0.3) is 6.08 Å². The second kappa shape index (κ2) is 7.27. The van der Waals surface area contributed by atoms with Crippen molar-refractivity contribution < 1.29 is 0 Å². The zero-order chi connectivity index (χ0) is 11.8. The SMILES string of the molecule is CCCCCC/C(C)=C/c1ccccc1C. The lowest BCUT2D eigenvalue weighted by Gasteiger charge is -2.03. The standard InChI is InChI=1S/C16H24/c1-4-5-6-7-10-14(2)13-16-12-9-8-11-15(16)3/h8-9,11-13H,4-7,10H2,1-3H3/b14-13+. The van der Waals surface area contributed by atoms with Crippen molar-refractivity contribution in [3.8, 4) is 0 Å². The van der Waals surface area contributed by atoms with E-state index in [0.717, 1.165) is 0 Å². The van der Waals surface area contributed by atoms with Gasteiger partial charge in [-0.1, -0.05) is 62.1 Å². The molecular formula is C16H24. The van der Waals surface area contributed by atoms with Gasteiger partial charge in [-0.15, -0.1) is 0 Å². The molecule has 1 aromatic rings. The third-order valence-corrected chi connectivity index (χ3v) is 3.02. The molecule has 0 saturated heterocycles. The molecule has 88 valence electrons. The molecule has 0 heteroatoms. The summed E-state index contributed by atoms with van der Waals surface area (Å²) in [7, 11) is 0. The zero-order valence-corrected chi connectivity index (χ0v) is 10.9. The first-order chi connectivity index (χ1) is 7.74. The first-order valence-electron chi connectivity index (χ1n) is 6.47. The summed E-state index contributed by atoms with van der Waals surface area (Å²) in [5.41, 5.74) is 4.25. The smallest absolute Gasteiger partial charge is 0.0228 e. The van der Waals surface area contributed by atoms with Crippen LogP contribution in [-0.4, -0.2) is 0 Å². The van der Waals surface area contributed by atoms with Crippen molar-refractivity contribution in [1.82, 2.24) is 0 Å². The molecule has 0 fully saturated rings. The molecule has 0 unspecified atom stereocenters. The predicted molar refractivity (Wildman–Crippen MR) is 73.6 cm³/mol. The van der Waals surface area contributed by atoms with Crippen LogP contribution in [0.5, 0.6) is 0 Å². The quantitative estimate of drug-likeness (QED) is 0.561. The van der Waals surface area contributed by atoms with E-state index in [0.29, 0.717) is 0 Å². The van der Waals surface area contributed by atoms with Crippen LogP contribution in [0.15, 0.2) is 29.8 Å². The monoisotopic (exact) mass is 216 g/mol. The summed E-state index contributed by atoms with van der Waals surface area (Å²) in [5.74, 6) is 0. The highest BCUT2D eigenvalue weighted by Gasteiger charge is 1.95. The lowest BCUT2D eigenvalue weighted by Crippen LogP contribution is -1.83. The van der Waals surface area contributed by atoms with Gasteiger partial charge < -0.3 is 0 Å². The fraction of sp³-hybridized carbons (Fsp3) is 0.500. The van der Waals surface area contributed by atoms with Crippen molar-refractivity contribution in [2.75, 3.05) is 0 Å². The summed E-state index contributed by atoms with van der Waals surface area (Å²) in [6.45, 7) is 6.69. The third-order valence-electron chi connectivity index (χ3n) is 3.02. The Morgan fingerprint density at radius 2 is 1.88 bits per heavy atom. The molecule has 0 bridgehead atoms. The largest absolute Gasteiger partial charge is 0.0727 e. The molecule has 0 spiro atoms. The van der Waals surface area contributed by atoms with E-state index >= 15 is 0 Å². The van der Waals surface area contributed by atoms with Crippen LogP contribution in [0.2, 0.25) is 0 Å². The van der Waals surface area contributed by atoms with Crippen LogP contribution in [0.1, 0.15) is 57.1 Å². The second-order valence-corrected chi connectivity index (χ2v) is 4.66. The van der Waals surface area contributed by atoms with Gasteiger partial charge in [0.15, 0.2) is 0 Å². The van der Waals surface area contributed by atoms with Gasteiger partial charge in [0.2, 0.25) is 0 Å². The molecule has 1 rings (SSSR count). The van der Waals surface area contributed by atoms with Crippen LogP contribution in [-0.2, 0) is 0 Å². The minimum absolute atomic E-state index is 1.24. The lowest BCUT2D eigenvalue weighted by atomic mass is 10.0. The summed E-state index contributed by atoms with van der Waals surface area (Å²) in [6.07, 6.45) is 8.98. The summed E-state index contributed by atoms with van der Waals surface area (Å²) in [6, 6.07) is 8.59. The van der Waals surface area contributed by atoms with Crippen molar-refractivity contribution in [3.05, 3.63) is 41.0 Å². The molecule has 16 heavy (non-hydrogen) atoms. The molecule has 0 aliphatic heterocycles. The number of benzene rings is 1. The number of hydrogen-bond donors (Lipinski definition) is 0. The maximum Gasteiger partial charge on any atom is -0.0228 e. The summed E-state index contributed by atoms with van der Waals surface area (Å²) < 4.78 is 0. The Morgan fingerprint density at radius 3 is 2.56 bits per heavy atom. The van der Waals surface area contributed by atoms with E-state index < -0.39 is 0 Å². The average Bonchev–Trinajstić information content (AvgIpc) is 2.28. The lowest BCUT2D eigenvalue weighted by molar-refractivity contribution is 0.665. The van der Waals surface area contributed by atoms with E-state index in [1.165, 1.54) is 48.8 Å². The normalized spacial score (nSPS) is 11.8. The first-order valence-corrected chi connectivity index (χ1v) is 6.47. The van der Waals surface area contributed by atoms with Gasteiger partial charge in [-0.25, -0.2) is 0 Å². The van der Waals surface area contributed by atoms with Crippen molar-refractivity contribution in [3.63, 3.8) is 0 Å². The Bertz CT molecular complexity index is 334. The molecular weight excluding hydrogens is 192 g/mol. The van der Waals surface area contributed by atoms with Crippen LogP contribution >= 0.6 is 0 Å². The molecule has 0 nitrogen and oxygen atoms in total. The molecule has 0 N–H and O–H groups in total. The zero-order valence-electron chi connectivity index (χ0n) is 10.9. The summed E-state index contributed by atoms with van der Waals surface area (Å²) in [5, 5.41) is 0. The predicted octanol–water partition coefficient (Wildman–Crippen LogP) is 5.37. The van der Waals surface area contributed by atoms with Gasteiger partial charge in [-0.3, -0.25) is 0 Å². The van der Waals surface area contributed by atoms with E-state index in [2.05, 4.69) is 51.1 Å². The number of unbranched alkanes of at least 4 members (excludes halogenated alkanes) is 3. The minimum atomic E-state index is 1.24. The Hall–Kier alpha value is -1.04. The number of allylic oxidation sites excluding steroid dienone is 1. The Morgan fingerprint density at radius 1 is 1.12 bits per heavy atom. The average molecular weight is 216 g/mol. The molecule has 0 saturated carbocycles. The highest BCUT2D eigenvalue weighted by Crippen LogP contribution is 2.16. The molecule has 0 amide bonds. The van der Waals surface area contributed by atoms with Gasteiger partial charge in [0.25, 0.3) is 0 Å². The van der Waals surface area contributed by atoms with Gasteiger partial charge in [0, 0.05) is 0 Å². The van der Waals surface area contributed by atoms with E-state index in [1.807, 2.05) is 0 Å². The molecule has 0 aromatic heterocycles. The number of aryl methyl sites for hydroxylation is 1. The Balaban J connectivity index is 2.47. The molecule has 0 heterocycles. The maximum atomic E-state index is 2.33. The number of hydrogen-bond acceptors (Lipinski definition) is 0. The van der Waals surface area contributed by atoms with Crippen molar-refractivity contribution in [1.29, 1.82) is 0 Å². The topological polar surface area (TPSA) is 0 Å². The van der Waals surface area contributed by atoms with E-state index in [1.54, 1.807) is 0 Å². The molecule has 0 radical (unpaired) electrons. The fourth-order valence-electron chi connectivity index (χ4n) is 1.92. The van der Waals surface area contributed by atoms with Crippen LogP contribution < -0.4 is 0 Å². The Kier molecular flexibility index (Phi) is 5.92. The molecule has 0 aliphatic carbocycles. The van der Waals surface area contributed by atoms with Gasteiger partial charge in [-0.2, -0.15) is 0 Å². The van der Waals surface area contributed by atoms with E-state index in [9.17, 15) is 0 Å². The molecule has 0 atom stereocenters. The van der Waals surface area contributed by atoms with E-state index in [-0.39, 0.29) is 0 Å². The van der Waals surface area contributed by atoms with Crippen molar-refractivity contribution in [2.45, 2.75) is 52.9 Å². The molecule has 1 aromatic carbocycles. The van der Waals surface area contributed by atoms with Crippen molar-refractivity contribution in [2.24, 2.45) is 0 Å². The highest BCUT2D eigenvalue weighted by atomic mass is 14.0. The Labute approximate surface area is 100 Å². The van der Waals surface area contributed by atoms with E-state index in [4.69, 9.17) is 0 Å². The fourth-order valence-corrected chi connectivity index (χ4v) is 1.92. The summed E-state index contributed by atoms with van der Waals surface area (Å²) in [4.78, 5) is 0. The van der Waals surface area contributed by atoms with Gasteiger partial charge in [-0.05, 0) is 37.8 Å². The van der Waals surface area contributed by atoms with Gasteiger partial charge in [0.1, 0.15) is 0 Å². The third kappa shape index (κ3) is 4.65. The van der Waals surface area contributed by atoms with Crippen LogP contribution in [0.4, 0.5) is 0 Å². The van der Waals surface area contributed by atoms with Gasteiger partial charge in [0.05, 0.1) is 0 Å². The molecule has 0 aliphatic rings. The van der Waals surface area contributed by atoms with Crippen LogP contribution in [0, 0.1) is 6.92 Å². The summed E-state index contributed by atoms with van der Waals surface area (Å²) >= 11 is 0. The van der Waals surface area contributed by atoms with Crippen molar-refractivity contribution >= 4 is 6.08 Å². The van der Waals surface area contributed by atoms with Crippen LogP contribution in [0.3, 0.4) is 0 Å². The maximum absolute atomic E-state index is 2.33. The number of rotatable bonds is 6. The first kappa shape index (κ1) is 13.0.